The van der Waals surface area contributed by atoms with E-state index >= 15 is 0 Å². The van der Waals surface area contributed by atoms with Crippen LogP contribution in [0.25, 0.3) is 0 Å². The number of nitrogens with one attached hydrogen (secondary N) is 2. The summed E-state index contributed by atoms with van der Waals surface area (Å²) in [5.41, 5.74) is -0.371. The fourth-order valence-electron chi connectivity index (χ4n) is 2.45. The molecule has 1 aromatic rings. The van der Waals surface area contributed by atoms with Crippen LogP contribution in [0.5, 0.6) is 0 Å². The summed E-state index contributed by atoms with van der Waals surface area (Å²) in [5, 5.41) is 3.30. The van der Waals surface area contributed by atoms with E-state index in [0.29, 0.717) is 6.61 Å². The first-order chi connectivity index (χ1) is 10.4. The second-order valence-electron chi connectivity index (χ2n) is 5.18. The topological polar surface area (TPSA) is 93.7 Å². The van der Waals surface area contributed by atoms with Crippen molar-refractivity contribution in [1.29, 1.82) is 0 Å². The van der Waals surface area contributed by atoms with Gasteiger partial charge < -0.3 is 14.8 Å². The number of esters is 1. The van der Waals surface area contributed by atoms with Gasteiger partial charge in [0.1, 0.15) is 9.09 Å². The van der Waals surface area contributed by atoms with Crippen LogP contribution in [0.1, 0.15) is 22.5 Å². The molecule has 0 aromatic carbocycles. The Kier molecular flexibility index (Phi) is 5.56. The molecule has 2 heterocycles. The third kappa shape index (κ3) is 3.85. The van der Waals surface area contributed by atoms with Crippen LogP contribution in [-0.2, 0) is 19.5 Å². The Balaban J connectivity index is 2.07. The molecule has 1 aliphatic heterocycles. The highest BCUT2D eigenvalue weighted by Crippen LogP contribution is 2.24. The maximum atomic E-state index is 12.3. The molecule has 2 rings (SSSR count). The zero-order valence-electron chi connectivity index (χ0n) is 12.5. The van der Waals surface area contributed by atoms with Crippen molar-refractivity contribution < 1.29 is 22.7 Å². The van der Waals surface area contributed by atoms with Gasteiger partial charge in [0, 0.05) is 13.7 Å². The predicted molar refractivity (Wildman–Crippen MR) is 82.7 cm³/mol. The number of thiophene rings is 1. The molecule has 1 aliphatic rings. The number of sulfonamides is 1. The number of hydrogen-bond donors (Lipinski definition) is 2. The van der Waals surface area contributed by atoms with Crippen LogP contribution in [0.3, 0.4) is 0 Å². The van der Waals surface area contributed by atoms with Gasteiger partial charge in [-0.15, -0.1) is 11.3 Å². The van der Waals surface area contributed by atoms with Gasteiger partial charge in [0.15, 0.2) is 0 Å². The van der Waals surface area contributed by atoms with E-state index in [1.54, 1.807) is 7.11 Å². The molecule has 1 fully saturated rings. The fourth-order valence-corrected chi connectivity index (χ4v) is 4.85. The van der Waals surface area contributed by atoms with E-state index in [4.69, 9.17) is 4.74 Å². The maximum absolute atomic E-state index is 12.3. The Morgan fingerprint density at radius 2 is 2.23 bits per heavy atom. The number of methoxy groups -OCH3 is 2. The largest absolute Gasteiger partial charge is 0.465 e. The zero-order valence-corrected chi connectivity index (χ0v) is 14.2. The minimum Gasteiger partial charge on any atom is -0.465 e. The molecule has 0 bridgehead atoms. The van der Waals surface area contributed by atoms with Crippen molar-refractivity contribution in [1.82, 2.24) is 10.0 Å². The van der Waals surface area contributed by atoms with Gasteiger partial charge in [-0.3, -0.25) is 0 Å². The highest BCUT2D eigenvalue weighted by atomic mass is 32.2. The van der Waals surface area contributed by atoms with Crippen molar-refractivity contribution >= 4 is 27.3 Å². The highest BCUT2D eigenvalue weighted by Gasteiger charge is 2.35. The van der Waals surface area contributed by atoms with Gasteiger partial charge in [-0.2, -0.15) is 0 Å². The third-order valence-electron chi connectivity index (χ3n) is 3.59. The molecule has 1 aromatic heterocycles. The molecule has 0 spiro atoms. The smallest absolute Gasteiger partial charge is 0.348 e. The van der Waals surface area contributed by atoms with E-state index in [0.717, 1.165) is 30.7 Å². The van der Waals surface area contributed by atoms with Crippen LogP contribution in [0.2, 0.25) is 0 Å². The van der Waals surface area contributed by atoms with Crippen molar-refractivity contribution in [2.75, 3.05) is 33.9 Å². The molecular weight excluding hydrogens is 328 g/mol. The lowest BCUT2D eigenvalue weighted by Gasteiger charge is -2.28. The van der Waals surface area contributed by atoms with Crippen molar-refractivity contribution in [2.45, 2.75) is 22.6 Å². The highest BCUT2D eigenvalue weighted by molar-refractivity contribution is 7.91. The van der Waals surface area contributed by atoms with Gasteiger partial charge >= 0.3 is 5.97 Å². The first kappa shape index (κ1) is 17.4. The number of hydrogen-bond acceptors (Lipinski definition) is 7. The minimum atomic E-state index is -3.66. The molecule has 1 unspecified atom stereocenters. The van der Waals surface area contributed by atoms with Crippen molar-refractivity contribution in [3.05, 3.63) is 17.0 Å². The lowest BCUT2D eigenvalue weighted by atomic mass is 9.99. The lowest BCUT2D eigenvalue weighted by Crippen LogP contribution is -2.52. The number of carbonyl (C=O) groups excluding carboxylic acids is 1. The SMILES string of the molecule is COCC1(CNS(=O)(=O)c2ccc(C(=O)OC)s2)CCCN1. The van der Waals surface area contributed by atoms with Crippen molar-refractivity contribution in [2.24, 2.45) is 0 Å². The van der Waals surface area contributed by atoms with Gasteiger partial charge in [-0.1, -0.05) is 0 Å². The fraction of sp³-hybridized carbons (Fsp3) is 0.615. The molecule has 0 radical (unpaired) electrons. The Morgan fingerprint density at radius 3 is 2.82 bits per heavy atom. The second kappa shape index (κ2) is 7.05. The molecule has 22 heavy (non-hydrogen) atoms. The molecule has 0 saturated carbocycles. The van der Waals surface area contributed by atoms with Gasteiger partial charge in [-0.25, -0.2) is 17.9 Å². The number of rotatable bonds is 7. The van der Waals surface area contributed by atoms with E-state index in [2.05, 4.69) is 14.8 Å². The van der Waals surface area contributed by atoms with Gasteiger partial charge in [0.05, 0.1) is 19.3 Å². The molecular formula is C13H20N2O5S2. The number of carbonyl (C=O) groups is 1. The van der Waals surface area contributed by atoms with E-state index in [1.807, 2.05) is 0 Å². The lowest BCUT2D eigenvalue weighted by molar-refractivity contribution is 0.0606. The van der Waals surface area contributed by atoms with E-state index in [1.165, 1.54) is 19.2 Å². The average Bonchev–Trinajstić information content (AvgIpc) is 3.15. The van der Waals surface area contributed by atoms with E-state index in [9.17, 15) is 13.2 Å². The molecule has 7 nitrogen and oxygen atoms in total. The summed E-state index contributed by atoms with van der Waals surface area (Å²) >= 11 is 0.891. The normalized spacial score (nSPS) is 21.9. The van der Waals surface area contributed by atoms with E-state index in [-0.39, 0.29) is 21.2 Å². The molecule has 124 valence electrons. The molecule has 1 saturated heterocycles. The summed E-state index contributed by atoms with van der Waals surface area (Å²) in [4.78, 5) is 11.7. The first-order valence-corrected chi connectivity index (χ1v) is 9.14. The predicted octanol–water partition coefficient (Wildman–Crippen LogP) is 0.582. The monoisotopic (exact) mass is 348 g/mol. The summed E-state index contributed by atoms with van der Waals surface area (Å²) < 4.78 is 37.1. The summed E-state index contributed by atoms with van der Waals surface area (Å²) in [7, 11) is -0.806. The van der Waals surface area contributed by atoms with Crippen molar-refractivity contribution in [3.8, 4) is 0 Å². The second-order valence-corrected chi connectivity index (χ2v) is 8.26. The molecule has 9 heteroatoms. The average molecular weight is 348 g/mol. The van der Waals surface area contributed by atoms with Crippen LogP contribution < -0.4 is 10.0 Å². The minimum absolute atomic E-state index is 0.0958. The summed E-state index contributed by atoms with van der Waals surface area (Å²) in [6, 6.07) is 2.86. The standard InChI is InChI=1S/C13H20N2O5S2/c1-19-9-13(6-3-7-14-13)8-15-22(17,18)11-5-4-10(21-11)12(16)20-2/h4-5,14-15H,3,6-9H2,1-2H3. The maximum Gasteiger partial charge on any atom is 0.348 e. The Bertz CT molecular complexity index is 620. The Hall–Kier alpha value is -1.00. The van der Waals surface area contributed by atoms with Gasteiger partial charge in [0.2, 0.25) is 10.0 Å². The number of ether oxygens (including phenoxy) is 2. The van der Waals surface area contributed by atoms with Gasteiger partial charge in [0.25, 0.3) is 0 Å². The molecule has 2 N–H and O–H groups in total. The molecule has 0 amide bonds. The summed E-state index contributed by atoms with van der Waals surface area (Å²) in [5.74, 6) is -0.542. The summed E-state index contributed by atoms with van der Waals surface area (Å²) in [6.07, 6.45) is 1.83. The van der Waals surface area contributed by atoms with E-state index < -0.39 is 16.0 Å². The first-order valence-electron chi connectivity index (χ1n) is 6.84. The van der Waals surface area contributed by atoms with Crippen molar-refractivity contribution in [3.63, 3.8) is 0 Å². The Morgan fingerprint density at radius 1 is 1.45 bits per heavy atom. The van der Waals surface area contributed by atoms with Crippen LogP contribution in [-0.4, -0.2) is 53.8 Å². The molecule has 1 atom stereocenters. The van der Waals surface area contributed by atoms with Crippen LogP contribution >= 0.6 is 11.3 Å². The van der Waals surface area contributed by atoms with Crippen LogP contribution in [0.4, 0.5) is 0 Å². The van der Waals surface area contributed by atoms with Crippen LogP contribution in [0, 0.1) is 0 Å². The third-order valence-corrected chi connectivity index (χ3v) is 6.54. The molecule has 0 aliphatic carbocycles. The quantitative estimate of drug-likeness (QED) is 0.700. The summed E-state index contributed by atoms with van der Waals surface area (Å²) in [6.45, 7) is 1.53. The van der Waals surface area contributed by atoms with Gasteiger partial charge in [-0.05, 0) is 31.5 Å². The Labute approximate surface area is 134 Å². The van der Waals surface area contributed by atoms with Crippen LogP contribution in [0.15, 0.2) is 16.3 Å². The zero-order chi connectivity index (χ0) is 16.2.